The van der Waals surface area contributed by atoms with Gasteiger partial charge in [-0.1, -0.05) is 49.9 Å². The van der Waals surface area contributed by atoms with Crippen LogP contribution < -0.4 is 5.32 Å². The van der Waals surface area contributed by atoms with Gasteiger partial charge in [0, 0.05) is 12.3 Å². The summed E-state index contributed by atoms with van der Waals surface area (Å²) in [5.74, 6) is -0.340. The lowest BCUT2D eigenvalue weighted by Crippen LogP contribution is -2.31. The Kier molecular flexibility index (Phi) is 6.87. The smallest absolute Gasteiger partial charge is 0.316 e. The molecular weight excluding hydrogens is 348 g/mol. The maximum atomic E-state index is 12.1. The number of benzene rings is 1. The van der Waals surface area contributed by atoms with Crippen LogP contribution in [0.15, 0.2) is 34.9 Å². The number of carbonyl (C=O) groups excluding carboxylic acids is 2. The van der Waals surface area contributed by atoms with Crippen molar-refractivity contribution in [1.82, 2.24) is 5.32 Å². The van der Waals surface area contributed by atoms with Crippen molar-refractivity contribution in [3.8, 4) is 6.07 Å². The lowest BCUT2D eigenvalue weighted by molar-refractivity contribution is -0.144. The maximum Gasteiger partial charge on any atom is 0.316 e. The summed E-state index contributed by atoms with van der Waals surface area (Å²) in [6.45, 7) is 7.80. The van der Waals surface area contributed by atoms with E-state index >= 15 is 0 Å². The molecule has 2 rings (SSSR count). The number of hydrogen-bond donors (Lipinski definition) is 1. The molecule has 0 radical (unpaired) electrons. The fourth-order valence-electron chi connectivity index (χ4n) is 2.76. The Hall–Kier alpha value is -2.26. The molecule has 1 aliphatic heterocycles. The van der Waals surface area contributed by atoms with Gasteiger partial charge in [0.05, 0.1) is 28.5 Å². The standard InChI is InChI=1S/C20H24N2O3S/c1-12(2)14-5-7-15(8-6-14)16-9-18(23)22-20(17(16)10-21)26-11-19(24)25-13(3)4/h5-8,12-13,16H,9,11H2,1-4H3,(H,22,23). The number of nitriles is 1. The van der Waals surface area contributed by atoms with E-state index in [-0.39, 0.29) is 36.1 Å². The molecule has 1 atom stereocenters. The summed E-state index contributed by atoms with van der Waals surface area (Å²) in [5, 5.41) is 12.8. The van der Waals surface area contributed by atoms with Crippen molar-refractivity contribution in [3.05, 3.63) is 46.0 Å². The molecule has 0 bridgehead atoms. The first-order valence-electron chi connectivity index (χ1n) is 8.68. The van der Waals surface area contributed by atoms with Crippen molar-refractivity contribution in [1.29, 1.82) is 5.26 Å². The van der Waals surface area contributed by atoms with Gasteiger partial charge < -0.3 is 10.1 Å². The first-order valence-corrected chi connectivity index (χ1v) is 9.66. The molecule has 0 aromatic heterocycles. The highest BCUT2D eigenvalue weighted by Crippen LogP contribution is 2.36. The van der Waals surface area contributed by atoms with Gasteiger partial charge in [0.15, 0.2) is 0 Å². The largest absolute Gasteiger partial charge is 0.462 e. The summed E-state index contributed by atoms with van der Waals surface area (Å²) < 4.78 is 5.11. The van der Waals surface area contributed by atoms with Crippen molar-refractivity contribution in [2.24, 2.45) is 0 Å². The van der Waals surface area contributed by atoms with Gasteiger partial charge in [-0.3, -0.25) is 9.59 Å². The molecule has 1 unspecified atom stereocenters. The van der Waals surface area contributed by atoms with Gasteiger partial charge in [-0.05, 0) is 30.9 Å². The molecule has 1 aromatic rings. The zero-order valence-electron chi connectivity index (χ0n) is 15.5. The number of ether oxygens (including phenoxy) is 1. The van der Waals surface area contributed by atoms with E-state index < -0.39 is 0 Å². The van der Waals surface area contributed by atoms with Crippen LogP contribution in [0, 0.1) is 11.3 Å². The van der Waals surface area contributed by atoms with Crippen LogP contribution >= 0.6 is 11.8 Å². The monoisotopic (exact) mass is 372 g/mol. The van der Waals surface area contributed by atoms with Gasteiger partial charge in [-0.25, -0.2) is 0 Å². The Morgan fingerprint density at radius 3 is 2.50 bits per heavy atom. The third-order valence-corrected chi connectivity index (χ3v) is 5.05. The predicted octanol–water partition coefficient (Wildman–Crippen LogP) is 3.83. The quantitative estimate of drug-likeness (QED) is 0.768. The summed E-state index contributed by atoms with van der Waals surface area (Å²) in [6.07, 6.45) is 0.0328. The van der Waals surface area contributed by atoms with E-state index in [0.29, 0.717) is 16.5 Å². The van der Waals surface area contributed by atoms with E-state index in [1.54, 1.807) is 13.8 Å². The predicted molar refractivity (Wildman–Crippen MR) is 102 cm³/mol. The molecule has 1 amide bonds. The molecule has 0 aliphatic carbocycles. The second kappa shape index (κ2) is 8.91. The van der Waals surface area contributed by atoms with Crippen LogP contribution in [0.3, 0.4) is 0 Å². The minimum absolute atomic E-state index is 0.0536. The molecule has 1 N–H and O–H groups in total. The van der Waals surface area contributed by atoms with Gasteiger partial charge in [0.1, 0.15) is 0 Å². The number of nitrogens with one attached hydrogen (secondary N) is 1. The number of esters is 1. The average Bonchev–Trinajstić information content (AvgIpc) is 2.59. The van der Waals surface area contributed by atoms with Crippen LogP contribution in [-0.2, 0) is 14.3 Å². The number of carbonyl (C=O) groups is 2. The van der Waals surface area contributed by atoms with Gasteiger partial charge in [0.2, 0.25) is 5.91 Å². The number of allylic oxidation sites excluding steroid dienone is 1. The lowest BCUT2D eigenvalue weighted by Gasteiger charge is -2.25. The van der Waals surface area contributed by atoms with Crippen LogP contribution in [-0.4, -0.2) is 23.7 Å². The van der Waals surface area contributed by atoms with E-state index in [1.165, 1.54) is 5.56 Å². The SMILES string of the molecule is CC(C)OC(=O)CSC1=C(C#N)C(c2ccc(C(C)C)cc2)CC(=O)N1. The number of rotatable bonds is 6. The van der Waals surface area contributed by atoms with E-state index in [2.05, 4.69) is 25.2 Å². The van der Waals surface area contributed by atoms with Gasteiger partial charge in [-0.15, -0.1) is 0 Å². The molecule has 1 aromatic carbocycles. The molecule has 0 fully saturated rings. The fraction of sp³-hybridized carbons (Fsp3) is 0.450. The van der Waals surface area contributed by atoms with E-state index in [0.717, 1.165) is 17.3 Å². The first-order chi connectivity index (χ1) is 12.3. The molecule has 1 heterocycles. The molecule has 6 heteroatoms. The minimum Gasteiger partial charge on any atom is -0.462 e. The zero-order valence-corrected chi connectivity index (χ0v) is 16.4. The summed E-state index contributed by atoms with van der Waals surface area (Å²) in [4.78, 5) is 23.9. The molecule has 1 aliphatic rings. The molecule has 0 saturated carbocycles. The minimum atomic E-state index is -0.368. The Morgan fingerprint density at radius 1 is 1.31 bits per heavy atom. The maximum absolute atomic E-state index is 12.1. The normalized spacial score (nSPS) is 17.3. The second-order valence-corrected chi connectivity index (χ2v) is 7.79. The van der Waals surface area contributed by atoms with Crippen molar-refractivity contribution < 1.29 is 14.3 Å². The van der Waals surface area contributed by atoms with Gasteiger partial charge in [0.25, 0.3) is 0 Å². The van der Waals surface area contributed by atoms with Crippen LogP contribution in [0.2, 0.25) is 0 Å². The number of amides is 1. The Bertz CT molecular complexity index is 745. The highest BCUT2D eigenvalue weighted by atomic mass is 32.2. The topological polar surface area (TPSA) is 79.2 Å². The Morgan fingerprint density at radius 2 is 1.96 bits per heavy atom. The number of nitrogens with zero attached hydrogens (tertiary/aromatic N) is 1. The van der Waals surface area contributed by atoms with Gasteiger partial charge >= 0.3 is 5.97 Å². The van der Waals surface area contributed by atoms with Crippen molar-refractivity contribution in [2.45, 2.75) is 52.1 Å². The third kappa shape index (κ3) is 5.12. The number of hydrogen-bond acceptors (Lipinski definition) is 5. The highest BCUT2D eigenvalue weighted by molar-refractivity contribution is 8.03. The van der Waals surface area contributed by atoms with E-state index in [1.807, 2.05) is 24.3 Å². The molecule has 0 spiro atoms. The van der Waals surface area contributed by atoms with Crippen LogP contribution in [0.1, 0.15) is 57.1 Å². The molecule has 0 saturated heterocycles. The molecular formula is C20H24N2O3S. The lowest BCUT2D eigenvalue weighted by atomic mass is 9.86. The highest BCUT2D eigenvalue weighted by Gasteiger charge is 2.30. The Labute approximate surface area is 158 Å². The van der Waals surface area contributed by atoms with Crippen LogP contribution in [0.4, 0.5) is 0 Å². The molecule has 138 valence electrons. The van der Waals surface area contributed by atoms with E-state index in [4.69, 9.17) is 4.74 Å². The summed E-state index contributed by atoms with van der Waals surface area (Å²) in [6, 6.07) is 10.2. The van der Waals surface area contributed by atoms with Gasteiger partial charge in [-0.2, -0.15) is 5.26 Å². The summed E-state index contributed by atoms with van der Waals surface area (Å²) >= 11 is 1.14. The zero-order chi connectivity index (χ0) is 19.3. The van der Waals surface area contributed by atoms with Crippen molar-refractivity contribution in [2.75, 3.05) is 5.75 Å². The van der Waals surface area contributed by atoms with Crippen molar-refractivity contribution in [3.63, 3.8) is 0 Å². The Balaban J connectivity index is 2.24. The summed E-state index contributed by atoms with van der Waals surface area (Å²) in [5.41, 5.74) is 2.63. The van der Waals surface area contributed by atoms with E-state index in [9.17, 15) is 14.9 Å². The molecule has 26 heavy (non-hydrogen) atoms. The number of thioether (sulfide) groups is 1. The second-order valence-electron chi connectivity index (χ2n) is 6.81. The van der Waals surface area contributed by atoms with Crippen molar-refractivity contribution >= 4 is 23.6 Å². The third-order valence-electron chi connectivity index (χ3n) is 4.06. The van der Waals surface area contributed by atoms with Crippen LogP contribution in [0.25, 0.3) is 0 Å². The molecule has 5 nitrogen and oxygen atoms in total. The average molecular weight is 372 g/mol. The van der Waals surface area contributed by atoms with Crippen LogP contribution in [0.5, 0.6) is 0 Å². The first kappa shape index (κ1) is 20.1. The fourth-order valence-corrected chi connectivity index (χ4v) is 3.62. The summed E-state index contributed by atoms with van der Waals surface area (Å²) in [7, 11) is 0.